The number of ether oxygens (including phenoxy) is 1. The molecule has 1 saturated heterocycles. The summed E-state index contributed by atoms with van der Waals surface area (Å²) in [5.74, 6) is -0.163. The van der Waals surface area contributed by atoms with Gasteiger partial charge in [-0.05, 0) is 31.0 Å². The van der Waals surface area contributed by atoms with Crippen LogP contribution in [0.15, 0.2) is 18.2 Å². The Morgan fingerprint density at radius 1 is 1.39 bits per heavy atom. The zero-order valence-electron chi connectivity index (χ0n) is 11.1. The van der Waals surface area contributed by atoms with Crippen molar-refractivity contribution in [3.05, 3.63) is 35.1 Å². The maximum atomic E-state index is 13.2. The second-order valence-corrected chi connectivity index (χ2v) is 5.22. The molecule has 1 heterocycles. The Bertz CT molecular complexity index is 414. The largest absolute Gasteiger partial charge is 0.379 e. The van der Waals surface area contributed by atoms with Crippen molar-refractivity contribution in [1.29, 1.82) is 0 Å². The van der Waals surface area contributed by atoms with Crippen molar-refractivity contribution in [1.82, 2.24) is 4.90 Å². The molecule has 3 nitrogen and oxygen atoms in total. The third-order valence-electron chi connectivity index (χ3n) is 3.52. The van der Waals surface area contributed by atoms with Gasteiger partial charge < -0.3 is 10.5 Å². The van der Waals surface area contributed by atoms with E-state index in [-0.39, 0.29) is 5.82 Å². The van der Waals surface area contributed by atoms with Crippen LogP contribution in [-0.2, 0) is 11.2 Å². The van der Waals surface area contributed by atoms with Crippen LogP contribution in [0.2, 0.25) is 0 Å². The van der Waals surface area contributed by atoms with Gasteiger partial charge in [0.25, 0.3) is 0 Å². The smallest absolute Gasteiger partial charge is 0.126 e. The number of hydrogen-bond donors (Lipinski definition) is 1. The molecule has 0 saturated carbocycles. The number of nitrogens with two attached hydrogens (primary N) is 1. The first-order valence-corrected chi connectivity index (χ1v) is 6.36. The first-order valence-electron chi connectivity index (χ1n) is 6.36. The predicted octanol–water partition coefficient (Wildman–Crippen LogP) is 1.68. The van der Waals surface area contributed by atoms with E-state index >= 15 is 0 Å². The van der Waals surface area contributed by atoms with E-state index in [0.717, 1.165) is 31.9 Å². The lowest BCUT2D eigenvalue weighted by molar-refractivity contribution is -0.0142. The second-order valence-electron chi connectivity index (χ2n) is 5.22. The van der Waals surface area contributed by atoms with Gasteiger partial charge >= 0.3 is 0 Å². The normalized spacial score (nSPS) is 20.7. The summed E-state index contributed by atoms with van der Waals surface area (Å²) in [5, 5.41) is 0. The van der Waals surface area contributed by atoms with Crippen LogP contribution in [0.5, 0.6) is 0 Å². The summed E-state index contributed by atoms with van der Waals surface area (Å²) in [6.45, 7) is 6.98. The van der Waals surface area contributed by atoms with E-state index in [0.29, 0.717) is 12.0 Å². The number of nitrogens with zero attached hydrogens (tertiary/aromatic N) is 1. The van der Waals surface area contributed by atoms with Crippen molar-refractivity contribution in [2.45, 2.75) is 25.9 Å². The SMILES string of the molecule is Cc1cc(CC(C)(N)N2CCOCC2)ccc1F. The molecule has 4 heteroatoms. The van der Waals surface area contributed by atoms with Gasteiger partial charge in [0.2, 0.25) is 0 Å². The van der Waals surface area contributed by atoms with Crippen LogP contribution < -0.4 is 5.73 Å². The van der Waals surface area contributed by atoms with E-state index in [1.54, 1.807) is 6.92 Å². The number of aryl methyl sites for hydroxylation is 1. The fourth-order valence-corrected chi connectivity index (χ4v) is 2.42. The fourth-order valence-electron chi connectivity index (χ4n) is 2.42. The van der Waals surface area contributed by atoms with Gasteiger partial charge in [0, 0.05) is 19.5 Å². The maximum Gasteiger partial charge on any atom is 0.126 e. The summed E-state index contributed by atoms with van der Waals surface area (Å²) in [5.41, 5.74) is 7.73. The van der Waals surface area contributed by atoms with E-state index in [9.17, 15) is 4.39 Å². The number of benzene rings is 1. The molecule has 2 rings (SSSR count). The highest BCUT2D eigenvalue weighted by Gasteiger charge is 2.29. The van der Waals surface area contributed by atoms with Crippen LogP contribution in [-0.4, -0.2) is 36.9 Å². The molecule has 0 aromatic heterocycles. The van der Waals surface area contributed by atoms with Gasteiger partial charge in [-0.1, -0.05) is 12.1 Å². The van der Waals surface area contributed by atoms with Gasteiger partial charge in [-0.3, -0.25) is 4.90 Å². The number of morpholine rings is 1. The average Bonchev–Trinajstić information content (AvgIpc) is 2.35. The third-order valence-corrected chi connectivity index (χ3v) is 3.52. The minimum Gasteiger partial charge on any atom is -0.379 e. The molecule has 2 N–H and O–H groups in total. The monoisotopic (exact) mass is 252 g/mol. The van der Waals surface area contributed by atoms with Crippen LogP contribution in [0.4, 0.5) is 4.39 Å². The quantitative estimate of drug-likeness (QED) is 0.889. The van der Waals surface area contributed by atoms with Crippen molar-refractivity contribution in [2.24, 2.45) is 5.73 Å². The van der Waals surface area contributed by atoms with Crippen molar-refractivity contribution in [2.75, 3.05) is 26.3 Å². The summed E-state index contributed by atoms with van der Waals surface area (Å²) in [6.07, 6.45) is 0.716. The lowest BCUT2D eigenvalue weighted by atomic mass is 9.98. The fraction of sp³-hybridized carbons (Fsp3) is 0.571. The summed E-state index contributed by atoms with van der Waals surface area (Å²) < 4.78 is 18.6. The van der Waals surface area contributed by atoms with E-state index < -0.39 is 5.66 Å². The van der Waals surface area contributed by atoms with E-state index in [1.807, 2.05) is 19.1 Å². The lowest BCUT2D eigenvalue weighted by Gasteiger charge is -2.40. The minimum absolute atomic E-state index is 0.163. The first-order chi connectivity index (χ1) is 8.49. The van der Waals surface area contributed by atoms with Crippen LogP contribution >= 0.6 is 0 Å². The molecular formula is C14H21FN2O. The standard InChI is InChI=1S/C14H21FN2O/c1-11-9-12(3-4-13(11)15)10-14(2,16)17-5-7-18-8-6-17/h3-4,9H,5-8,10,16H2,1-2H3. The van der Waals surface area contributed by atoms with Crippen molar-refractivity contribution in [3.8, 4) is 0 Å². The highest BCUT2D eigenvalue weighted by molar-refractivity contribution is 5.25. The molecule has 1 unspecified atom stereocenters. The van der Waals surface area contributed by atoms with Crippen LogP contribution in [0.1, 0.15) is 18.1 Å². The Balaban J connectivity index is 2.08. The summed E-state index contributed by atoms with van der Waals surface area (Å²) >= 11 is 0. The van der Waals surface area contributed by atoms with Gasteiger partial charge in [0.15, 0.2) is 0 Å². The zero-order valence-corrected chi connectivity index (χ0v) is 11.1. The highest BCUT2D eigenvalue weighted by Crippen LogP contribution is 2.19. The zero-order chi connectivity index (χ0) is 13.2. The molecule has 1 aliphatic rings. The van der Waals surface area contributed by atoms with E-state index in [4.69, 9.17) is 10.5 Å². The van der Waals surface area contributed by atoms with Crippen LogP contribution in [0.25, 0.3) is 0 Å². The number of rotatable bonds is 3. The summed E-state index contributed by atoms with van der Waals surface area (Å²) in [4.78, 5) is 2.23. The second kappa shape index (κ2) is 5.34. The molecule has 0 bridgehead atoms. The minimum atomic E-state index is -0.409. The average molecular weight is 252 g/mol. The van der Waals surface area contributed by atoms with E-state index in [1.165, 1.54) is 6.07 Å². The van der Waals surface area contributed by atoms with Gasteiger partial charge in [0.05, 0.1) is 18.9 Å². The van der Waals surface area contributed by atoms with Crippen molar-refractivity contribution < 1.29 is 9.13 Å². The lowest BCUT2D eigenvalue weighted by Crippen LogP contribution is -2.58. The Morgan fingerprint density at radius 3 is 2.67 bits per heavy atom. The number of hydrogen-bond acceptors (Lipinski definition) is 3. The van der Waals surface area contributed by atoms with Crippen molar-refractivity contribution >= 4 is 0 Å². The maximum absolute atomic E-state index is 13.2. The van der Waals surface area contributed by atoms with Crippen LogP contribution in [0, 0.1) is 12.7 Å². The van der Waals surface area contributed by atoms with E-state index in [2.05, 4.69) is 4.90 Å². The Morgan fingerprint density at radius 2 is 2.06 bits per heavy atom. The molecule has 1 atom stereocenters. The Kier molecular flexibility index (Phi) is 4.00. The van der Waals surface area contributed by atoms with Gasteiger partial charge in [-0.2, -0.15) is 0 Å². The molecule has 18 heavy (non-hydrogen) atoms. The van der Waals surface area contributed by atoms with Gasteiger partial charge in [-0.25, -0.2) is 4.39 Å². The Labute approximate surface area is 108 Å². The Hall–Kier alpha value is -0.970. The summed E-state index contributed by atoms with van der Waals surface area (Å²) in [6, 6.07) is 5.20. The molecule has 1 fully saturated rings. The van der Waals surface area contributed by atoms with Gasteiger partial charge in [-0.15, -0.1) is 0 Å². The topological polar surface area (TPSA) is 38.5 Å². The number of halogens is 1. The van der Waals surface area contributed by atoms with Crippen LogP contribution in [0.3, 0.4) is 0 Å². The van der Waals surface area contributed by atoms with Gasteiger partial charge in [0.1, 0.15) is 5.82 Å². The van der Waals surface area contributed by atoms with Crippen molar-refractivity contribution in [3.63, 3.8) is 0 Å². The molecule has 0 amide bonds. The molecule has 0 spiro atoms. The molecule has 100 valence electrons. The molecule has 1 aliphatic heterocycles. The molecular weight excluding hydrogens is 231 g/mol. The molecule has 1 aromatic carbocycles. The summed E-state index contributed by atoms with van der Waals surface area (Å²) in [7, 11) is 0. The molecule has 0 aliphatic carbocycles. The first kappa shape index (κ1) is 13.5. The highest BCUT2D eigenvalue weighted by atomic mass is 19.1. The third kappa shape index (κ3) is 3.07. The molecule has 0 radical (unpaired) electrons. The predicted molar refractivity (Wildman–Crippen MR) is 69.8 cm³/mol. The molecule has 1 aromatic rings.